The van der Waals surface area contributed by atoms with Crippen LogP contribution in [0.2, 0.25) is 0 Å². The van der Waals surface area contributed by atoms with Gasteiger partial charge in [0, 0.05) is 29.7 Å². The van der Waals surface area contributed by atoms with Gasteiger partial charge in [-0.3, -0.25) is 30.7 Å². The molecule has 38 heavy (non-hydrogen) atoms. The van der Waals surface area contributed by atoms with Crippen molar-refractivity contribution in [3.63, 3.8) is 0 Å². The third-order valence-electron chi connectivity index (χ3n) is 5.33. The van der Waals surface area contributed by atoms with Crippen molar-refractivity contribution in [2.24, 2.45) is 5.73 Å². The topological polar surface area (TPSA) is 198 Å². The van der Waals surface area contributed by atoms with Crippen molar-refractivity contribution < 1.29 is 24.2 Å². The third kappa shape index (κ3) is 7.75. The van der Waals surface area contributed by atoms with Crippen LogP contribution in [-0.4, -0.2) is 79.2 Å². The fourth-order valence-electron chi connectivity index (χ4n) is 3.45. The summed E-state index contributed by atoms with van der Waals surface area (Å²) in [5, 5.41) is 30.6. The Morgan fingerprint density at radius 2 is 2.24 bits per heavy atom. The summed E-state index contributed by atoms with van der Waals surface area (Å²) in [4.78, 5) is 26.6. The van der Waals surface area contributed by atoms with Gasteiger partial charge in [-0.15, -0.1) is 11.6 Å². The van der Waals surface area contributed by atoms with Gasteiger partial charge in [-0.2, -0.15) is 0 Å². The molecule has 2 heterocycles. The molecule has 1 aromatic rings. The molecule has 2 aliphatic rings. The number of halogens is 1. The molecule has 0 spiro atoms. The fourth-order valence-corrected chi connectivity index (χ4v) is 3.61. The number of carbonyl (C=O) groups excluding carboxylic acids is 2. The number of amides is 2. The van der Waals surface area contributed by atoms with Crippen molar-refractivity contribution in [1.82, 2.24) is 21.1 Å². The van der Waals surface area contributed by atoms with Crippen LogP contribution in [0.4, 0.5) is 5.69 Å². The van der Waals surface area contributed by atoms with Crippen LogP contribution in [0.3, 0.4) is 0 Å². The number of ether oxygens (including phenoxy) is 2. The van der Waals surface area contributed by atoms with Crippen molar-refractivity contribution in [1.29, 1.82) is 10.8 Å². The minimum Gasteiger partial charge on any atom is -0.471 e. The van der Waals surface area contributed by atoms with E-state index in [1.54, 1.807) is 18.3 Å². The fraction of sp³-hybridized carbons (Fsp3) is 0.304. The number of nitrogens with two attached hydrogens (primary N) is 1. The number of nitrogen functional groups attached to an aromatic ring is 1. The summed E-state index contributed by atoms with van der Waals surface area (Å²) in [6.45, 7) is 0.0751. The minimum atomic E-state index is -1.06. The highest BCUT2D eigenvalue weighted by molar-refractivity contribution is 6.37. The number of allylic oxidation sites excluding steroid dienone is 1. The number of nitrogens with zero attached hydrogens (tertiary/aromatic N) is 1. The lowest BCUT2D eigenvalue weighted by molar-refractivity contribution is -0.149. The van der Waals surface area contributed by atoms with Gasteiger partial charge >= 0.3 is 0 Å². The number of carbonyl (C=O) groups is 2. The van der Waals surface area contributed by atoms with Gasteiger partial charge in [0.25, 0.3) is 5.91 Å². The summed E-state index contributed by atoms with van der Waals surface area (Å²) in [5.41, 5.74) is 12.5. The summed E-state index contributed by atoms with van der Waals surface area (Å²) in [5.74, 6) is -0.822. The van der Waals surface area contributed by atoms with E-state index in [9.17, 15) is 14.7 Å². The normalized spacial score (nSPS) is 18.0. The molecule has 15 heteroatoms. The van der Waals surface area contributed by atoms with E-state index in [-0.39, 0.29) is 49.2 Å². The second-order valence-electron chi connectivity index (χ2n) is 8.13. The van der Waals surface area contributed by atoms with E-state index in [2.05, 4.69) is 21.5 Å². The molecule has 0 aliphatic carbocycles. The molecule has 2 amide bonds. The van der Waals surface area contributed by atoms with E-state index in [1.807, 2.05) is 0 Å². The highest BCUT2D eigenvalue weighted by atomic mass is 35.5. The van der Waals surface area contributed by atoms with Gasteiger partial charge in [-0.05, 0) is 24.3 Å². The number of aliphatic hydroxyl groups excluding tert-OH is 1. The maximum atomic E-state index is 12.9. The van der Waals surface area contributed by atoms with Crippen LogP contribution in [0.15, 0.2) is 54.3 Å². The molecule has 3 rings (SSSR count). The van der Waals surface area contributed by atoms with Crippen LogP contribution in [0, 0.1) is 10.8 Å². The van der Waals surface area contributed by atoms with Gasteiger partial charge in [-0.1, -0.05) is 5.46 Å². The van der Waals surface area contributed by atoms with Crippen molar-refractivity contribution >= 4 is 54.1 Å². The van der Waals surface area contributed by atoms with E-state index in [4.69, 9.17) is 45.5 Å². The summed E-state index contributed by atoms with van der Waals surface area (Å²) in [6.07, 6.45) is 4.20. The van der Waals surface area contributed by atoms with Gasteiger partial charge in [0.15, 0.2) is 0 Å². The molecule has 2 unspecified atom stereocenters. The van der Waals surface area contributed by atoms with E-state index in [0.29, 0.717) is 22.8 Å². The molecule has 200 valence electrons. The SMILES string of the molecule is [B]c1cc(NC(=O)CC2OCCN(C(=N)/C=C\NC3=CNNC(OC(CO)CCl)=C3)C2=O)ccc1C(=N)N. The molecule has 13 nitrogen and oxygen atoms in total. The molecule has 2 aliphatic heterocycles. The predicted molar refractivity (Wildman–Crippen MR) is 143 cm³/mol. The van der Waals surface area contributed by atoms with Crippen LogP contribution in [-0.2, 0) is 19.1 Å². The Kier molecular flexibility index (Phi) is 10.2. The van der Waals surface area contributed by atoms with Crippen LogP contribution in [0.1, 0.15) is 12.0 Å². The Morgan fingerprint density at radius 1 is 1.45 bits per heavy atom. The Balaban J connectivity index is 1.53. The average Bonchev–Trinajstić information content (AvgIpc) is 2.88. The first-order chi connectivity index (χ1) is 18.2. The highest BCUT2D eigenvalue weighted by Crippen LogP contribution is 2.14. The van der Waals surface area contributed by atoms with Crippen LogP contribution < -0.4 is 32.7 Å². The molecular formula is C23H28BClN8O5. The number of amidine groups is 2. The van der Waals surface area contributed by atoms with Gasteiger partial charge < -0.3 is 36.4 Å². The van der Waals surface area contributed by atoms with Crippen LogP contribution >= 0.6 is 11.6 Å². The van der Waals surface area contributed by atoms with Crippen molar-refractivity contribution in [2.75, 3.05) is 31.0 Å². The zero-order chi connectivity index (χ0) is 27.7. The number of hydrazine groups is 1. The number of hydrogen-bond donors (Lipinski definition) is 8. The average molecular weight is 543 g/mol. The first-order valence-electron chi connectivity index (χ1n) is 11.5. The molecule has 0 bridgehead atoms. The minimum absolute atomic E-state index is 0.0887. The van der Waals surface area contributed by atoms with Gasteiger partial charge in [0.1, 0.15) is 31.7 Å². The van der Waals surface area contributed by atoms with E-state index in [1.165, 1.54) is 29.3 Å². The number of aliphatic hydroxyl groups is 1. The molecule has 9 N–H and O–H groups in total. The number of nitrogens with one attached hydrogen (secondary N) is 6. The molecule has 0 saturated carbocycles. The monoisotopic (exact) mass is 542 g/mol. The van der Waals surface area contributed by atoms with Gasteiger partial charge in [0.2, 0.25) is 11.8 Å². The lowest BCUT2D eigenvalue weighted by Crippen LogP contribution is -2.50. The molecular weight excluding hydrogens is 515 g/mol. The molecule has 1 fully saturated rings. The summed E-state index contributed by atoms with van der Waals surface area (Å²) in [6, 6.07) is 4.54. The number of rotatable bonds is 11. The second-order valence-corrected chi connectivity index (χ2v) is 8.44. The van der Waals surface area contributed by atoms with E-state index < -0.39 is 24.0 Å². The maximum absolute atomic E-state index is 12.9. The quantitative estimate of drug-likeness (QED) is 0.0733. The van der Waals surface area contributed by atoms with Crippen molar-refractivity contribution in [2.45, 2.75) is 18.6 Å². The third-order valence-corrected chi connectivity index (χ3v) is 5.68. The Bertz CT molecular complexity index is 1170. The number of benzene rings is 1. The highest BCUT2D eigenvalue weighted by Gasteiger charge is 2.33. The maximum Gasteiger partial charge on any atom is 0.257 e. The Labute approximate surface area is 225 Å². The van der Waals surface area contributed by atoms with Gasteiger partial charge in [0.05, 0.1) is 37.8 Å². The molecule has 0 aromatic heterocycles. The predicted octanol–water partition coefficient (Wildman–Crippen LogP) is -1.19. The Morgan fingerprint density at radius 3 is 2.92 bits per heavy atom. The largest absolute Gasteiger partial charge is 0.471 e. The van der Waals surface area contributed by atoms with Crippen LogP contribution in [0.25, 0.3) is 0 Å². The van der Waals surface area contributed by atoms with Crippen molar-refractivity contribution in [3.8, 4) is 0 Å². The lowest BCUT2D eigenvalue weighted by Gasteiger charge is -2.31. The molecule has 1 aromatic carbocycles. The Hall–Kier alpha value is -4.01. The summed E-state index contributed by atoms with van der Waals surface area (Å²) in [7, 11) is 5.85. The summed E-state index contributed by atoms with van der Waals surface area (Å²) >= 11 is 5.72. The van der Waals surface area contributed by atoms with Crippen molar-refractivity contribution in [3.05, 3.63) is 59.9 Å². The second kappa shape index (κ2) is 13.5. The van der Waals surface area contributed by atoms with Crippen LogP contribution in [0.5, 0.6) is 0 Å². The molecule has 2 atom stereocenters. The first kappa shape index (κ1) is 28.6. The summed E-state index contributed by atoms with van der Waals surface area (Å²) < 4.78 is 11.0. The molecule has 1 saturated heterocycles. The standard InChI is InChI=1S/C23H28BClN8O5/c24-17-7-13(1-2-16(17)22(27)28)31-20(35)9-18-23(36)33(5-6-37-18)19(26)3-4-29-14-8-21(32-30-11-14)38-15(10-25)12-34/h1-4,7-8,11,15,18,26,29-30,32,34H,5-6,9-10,12H2,(H3,27,28)(H,31,35)/b4-3-,26-19?. The lowest BCUT2D eigenvalue weighted by atomic mass is 9.89. The van der Waals surface area contributed by atoms with E-state index in [0.717, 1.165) is 0 Å². The number of hydrogen-bond acceptors (Lipinski definition) is 10. The zero-order valence-corrected chi connectivity index (χ0v) is 21.0. The first-order valence-corrected chi connectivity index (χ1v) is 12.0. The van der Waals surface area contributed by atoms with E-state index >= 15 is 0 Å². The number of morpholine rings is 1. The smallest absolute Gasteiger partial charge is 0.257 e. The molecule has 2 radical (unpaired) electrons. The number of anilines is 1. The van der Waals surface area contributed by atoms with Gasteiger partial charge in [-0.25, -0.2) is 0 Å². The zero-order valence-electron chi connectivity index (χ0n) is 20.3. The number of alkyl halides is 1.